The summed E-state index contributed by atoms with van der Waals surface area (Å²) in [5, 5.41) is 0. The summed E-state index contributed by atoms with van der Waals surface area (Å²) in [5.74, 6) is 0. The fourth-order valence-corrected chi connectivity index (χ4v) is 1.63. The predicted molar refractivity (Wildman–Crippen MR) is 62.5 cm³/mol. The molecule has 0 aliphatic heterocycles. The Balaban J connectivity index is 3.37. The lowest BCUT2D eigenvalue weighted by Crippen LogP contribution is -2.34. The molecule has 1 atom stereocenters. The van der Waals surface area contributed by atoms with Crippen molar-refractivity contribution in [2.45, 2.75) is 59.6 Å². The first-order chi connectivity index (χ1) is 6.76. The zero-order valence-corrected chi connectivity index (χ0v) is 10.4. The van der Waals surface area contributed by atoms with E-state index in [0.29, 0.717) is 0 Å². The van der Waals surface area contributed by atoms with Crippen LogP contribution in [0.5, 0.6) is 0 Å². The molecule has 0 radical (unpaired) electrons. The molecule has 2 nitrogen and oxygen atoms in total. The number of rotatable bonds is 9. The molecule has 0 aromatic carbocycles. The monoisotopic (exact) mass is 201 g/mol. The smallest absolute Gasteiger partial charge is 0.107 e. The van der Waals surface area contributed by atoms with Crippen LogP contribution < -0.4 is 0 Å². The van der Waals surface area contributed by atoms with E-state index in [-0.39, 0.29) is 6.23 Å². The van der Waals surface area contributed by atoms with Gasteiger partial charge in [0.1, 0.15) is 6.23 Å². The quantitative estimate of drug-likeness (QED) is 0.419. The van der Waals surface area contributed by atoms with Crippen molar-refractivity contribution in [3.8, 4) is 0 Å². The Morgan fingerprint density at radius 2 is 1.64 bits per heavy atom. The maximum atomic E-state index is 5.76. The molecule has 0 aromatic heterocycles. The van der Waals surface area contributed by atoms with Gasteiger partial charge in [-0.05, 0) is 26.4 Å². The van der Waals surface area contributed by atoms with Crippen LogP contribution in [0.15, 0.2) is 0 Å². The molecular weight excluding hydrogens is 174 g/mol. The summed E-state index contributed by atoms with van der Waals surface area (Å²) in [6, 6.07) is 0. The van der Waals surface area contributed by atoms with Gasteiger partial charge in [0.2, 0.25) is 0 Å². The van der Waals surface area contributed by atoms with Crippen LogP contribution >= 0.6 is 0 Å². The van der Waals surface area contributed by atoms with Crippen molar-refractivity contribution in [1.29, 1.82) is 0 Å². The third kappa shape index (κ3) is 6.39. The van der Waals surface area contributed by atoms with Crippen molar-refractivity contribution in [3.05, 3.63) is 0 Å². The summed E-state index contributed by atoms with van der Waals surface area (Å²) in [5.41, 5.74) is 0. The third-order valence-corrected chi connectivity index (χ3v) is 2.68. The molecule has 0 aliphatic carbocycles. The van der Waals surface area contributed by atoms with Gasteiger partial charge in [-0.3, -0.25) is 4.90 Å². The number of ether oxygens (including phenoxy) is 1. The van der Waals surface area contributed by atoms with Crippen LogP contribution in [0.2, 0.25) is 0 Å². The number of hydrogen-bond donors (Lipinski definition) is 0. The second-order valence-corrected chi connectivity index (χ2v) is 3.75. The van der Waals surface area contributed by atoms with E-state index < -0.39 is 0 Å². The van der Waals surface area contributed by atoms with Gasteiger partial charge in [-0.2, -0.15) is 0 Å². The standard InChI is InChI=1S/C12H27NO/c1-5-8-9-10-11-14-12(4)13(6-2)7-3/h12H,5-11H2,1-4H3. The Kier molecular flexibility index (Phi) is 9.42. The van der Waals surface area contributed by atoms with E-state index in [9.17, 15) is 0 Å². The Bertz CT molecular complexity index is 113. The van der Waals surface area contributed by atoms with Crippen molar-refractivity contribution < 1.29 is 4.74 Å². The molecule has 0 saturated heterocycles. The molecule has 0 fully saturated rings. The van der Waals surface area contributed by atoms with Crippen molar-refractivity contribution in [3.63, 3.8) is 0 Å². The number of nitrogens with zero attached hydrogens (tertiary/aromatic N) is 1. The highest BCUT2D eigenvalue weighted by molar-refractivity contribution is 4.53. The number of hydrogen-bond acceptors (Lipinski definition) is 2. The van der Waals surface area contributed by atoms with Gasteiger partial charge < -0.3 is 4.74 Å². The topological polar surface area (TPSA) is 12.5 Å². The summed E-state index contributed by atoms with van der Waals surface area (Å²) in [7, 11) is 0. The summed E-state index contributed by atoms with van der Waals surface area (Å²) in [6.45, 7) is 11.8. The molecular formula is C12H27NO. The molecule has 0 saturated carbocycles. The first kappa shape index (κ1) is 13.9. The lowest BCUT2D eigenvalue weighted by molar-refractivity contribution is -0.0438. The summed E-state index contributed by atoms with van der Waals surface area (Å²) < 4.78 is 5.76. The van der Waals surface area contributed by atoms with Gasteiger partial charge in [-0.25, -0.2) is 0 Å². The minimum absolute atomic E-state index is 0.284. The highest BCUT2D eigenvalue weighted by Gasteiger charge is 2.08. The number of unbranched alkanes of at least 4 members (excludes halogenated alkanes) is 3. The lowest BCUT2D eigenvalue weighted by Gasteiger charge is -2.26. The molecule has 86 valence electrons. The molecule has 2 heteroatoms. The zero-order chi connectivity index (χ0) is 10.8. The second kappa shape index (κ2) is 9.47. The molecule has 0 heterocycles. The zero-order valence-electron chi connectivity index (χ0n) is 10.4. The SMILES string of the molecule is CCCCCCOC(C)N(CC)CC. The molecule has 1 unspecified atom stereocenters. The normalized spacial score (nSPS) is 13.5. The van der Waals surface area contributed by atoms with E-state index in [0.717, 1.165) is 19.7 Å². The van der Waals surface area contributed by atoms with Crippen LogP contribution in [0.3, 0.4) is 0 Å². The largest absolute Gasteiger partial charge is 0.363 e. The van der Waals surface area contributed by atoms with Gasteiger partial charge >= 0.3 is 0 Å². The Morgan fingerprint density at radius 1 is 1.00 bits per heavy atom. The molecule has 0 aromatic rings. The fraction of sp³-hybridized carbons (Fsp3) is 1.00. The maximum Gasteiger partial charge on any atom is 0.107 e. The summed E-state index contributed by atoms with van der Waals surface area (Å²) >= 11 is 0. The van der Waals surface area contributed by atoms with Crippen LogP contribution in [0, 0.1) is 0 Å². The van der Waals surface area contributed by atoms with E-state index >= 15 is 0 Å². The second-order valence-electron chi connectivity index (χ2n) is 3.75. The molecule has 0 bridgehead atoms. The third-order valence-electron chi connectivity index (χ3n) is 2.68. The highest BCUT2D eigenvalue weighted by Crippen LogP contribution is 2.04. The van der Waals surface area contributed by atoms with Gasteiger partial charge in [0.15, 0.2) is 0 Å². The molecule has 14 heavy (non-hydrogen) atoms. The molecule has 0 N–H and O–H groups in total. The van der Waals surface area contributed by atoms with Crippen LogP contribution in [0.1, 0.15) is 53.4 Å². The van der Waals surface area contributed by atoms with Gasteiger partial charge in [0, 0.05) is 6.61 Å². The van der Waals surface area contributed by atoms with E-state index in [2.05, 4.69) is 32.6 Å². The molecule has 0 spiro atoms. The van der Waals surface area contributed by atoms with Crippen LogP contribution in [0.25, 0.3) is 0 Å². The molecule has 0 amide bonds. The average molecular weight is 201 g/mol. The molecule has 0 aliphatic rings. The maximum absolute atomic E-state index is 5.76. The van der Waals surface area contributed by atoms with Gasteiger partial charge in [-0.15, -0.1) is 0 Å². The van der Waals surface area contributed by atoms with Crippen molar-refractivity contribution in [2.24, 2.45) is 0 Å². The first-order valence-electron chi connectivity index (χ1n) is 6.11. The lowest BCUT2D eigenvalue weighted by atomic mass is 10.2. The minimum Gasteiger partial charge on any atom is -0.363 e. The van der Waals surface area contributed by atoms with Crippen LogP contribution in [0.4, 0.5) is 0 Å². The van der Waals surface area contributed by atoms with Crippen LogP contribution in [-0.2, 0) is 4.74 Å². The van der Waals surface area contributed by atoms with Crippen molar-refractivity contribution >= 4 is 0 Å². The summed E-state index contributed by atoms with van der Waals surface area (Å²) in [4.78, 5) is 2.33. The molecule has 0 rings (SSSR count). The van der Waals surface area contributed by atoms with E-state index in [1.807, 2.05) is 0 Å². The first-order valence-corrected chi connectivity index (χ1v) is 6.11. The van der Waals surface area contributed by atoms with E-state index in [1.54, 1.807) is 0 Å². The van der Waals surface area contributed by atoms with Gasteiger partial charge in [0.25, 0.3) is 0 Å². The Hall–Kier alpha value is -0.0800. The fourth-order valence-electron chi connectivity index (χ4n) is 1.63. The highest BCUT2D eigenvalue weighted by atomic mass is 16.5. The Labute approximate surface area is 89.6 Å². The predicted octanol–water partition coefficient (Wildman–Crippen LogP) is 3.27. The average Bonchev–Trinajstić information content (AvgIpc) is 2.19. The van der Waals surface area contributed by atoms with Crippen LogP contribution in [-0.4, -0.2) is 30.8 Å². The van der Waals surface area contributed by atoms with E-state index in [1.165, 1.54) is 25.7 Å². The van der Waals surface area contributed by atoms with Crippen molar-refractivity contribution in [2.75, 3.05) is 19.7 Å². The minimum atomic E-state index is 0.284. The summed E-state index contributed by atoms with van der Waals surface area (Å²) in [6.07, 6.45) is 5.43. The van der Waals surface area contributed by atoms with E-state index in [4.69, 9.17) is 4.74 Å². The van der Waals surface area contributed by atoms with Gasteiger partial charge in [0.05, 0.1) is 0 Å². The van der Waals surface area contributed by atoms with Gasteiger partial charge in [-0.1, -0.05) is 40.0 Å². The Morgan fingerprint density at radius 3 is 2.14 bits per heavy atom. The van der Waals surface area contributed by atoms with Crippen molar-refractivity contribution in [1.82, 2.24) is 4.90 Å².